The molecule has 0 fully saturated rings. The smallest absolute Gasteiger partial charge is 0.251 e. The van der Waals surface area contributed by atoms with Gasteiger partial charge in [0.2, 0.25) is 10.0 Å². The summed E-state index contributed by atoms with van der Waals surface area (Å²) in [6.07, 6.45) is 2.60. The Labute approximate surface area is 136 Å². The molecule has 23 heavy (non-hydrogen) atoms. The number of amides is 1. The molecule has 0 atom stereocenters. The Morgan fingerprint density at radius 2 is 2.17 bits per heavy atom. The average Bonchev–Trinajstić information content (AvgIpc) is 3.10. The summed E-state index contributed by atoms with van der Waals surface area (Å²) < 4.78 is 30.7. The van der Waals surface area contributed by atoms with Gasteiger partial charge in [-0.25, -0.2) is 13.4 Å². The highest BCUT2D eigenvalue weighted by molar-refractivity contribution is 7.92. The van der Waals surface area contributed by atoms with E-state index in [1.165, 1.54) is 11.3 Å². The summed E-state index contributed by atoms with van der Waals surface area (Å²) in [6.45, 7) is 0.299. The molecule has 120 valence electrons. The number of nitrogens with zero attached hydrogens (tertiary/aromatic N) is 1. The lowest BCUT2D eigenvalue weighted by atomic mass is 10.2. The first kappa shape index (κ1) is 15.5. The first-order valence-electron chi connectivity index (χ1n) is 6.60. The van der Waals surface area contributed by atoms with Crippen molar-refractivity contribution < 1.29 is 17.6 Å². The van der Waals surface area contributed by atoms with E-state index in [1.807, 2.05) is 0 Å². The lowest BCUT2D eigenvalue weighted by molar-refractivity contribution is 0.0948. The topological polar surface area (TPSA) is 101 Å². The maximum absolute atomic E-state index is 12.1. The van der Waals surface area contributed by atoms with E-state index < -0.39 is 10.0 Å². The van der Waals surface area contributed by atoms with Gasteiger partial charge in [-0.05, 0) is 30.3 Å². The number of hydrogen-bond donors (Lipinski definition) is 2. The molecule has 3 aromatic rings. The highest BCUT2D eigenvalue weighted by Gasteiger charge is 2.11. The van der Waals surface area contributed by atoms with Crippen LogP contribution >= 0.6 is 11.3 Å². The summed E-state index contributed by atoms with van der Waals surface area (Å²) in [5.74, 6) is 0.422. The number of hydrogen-bond acceptors (Lipinski definition) is 6. The molecule has 0 saturated heterocycles. The Morgan fingerprint density at radius 1 is 1.35 bits per heavy atom. The van der Waals surface area contributed by atoms with Crippen LogP contribution in [0.25, 0.3) is 10.2 Å². The number of carbonyl (C=O) groups is 1. The van der Waals surface area contributed by atoms with E-state index in [0.717, 1.165) is 11.0 Å². The highest BCUT2D eigenvalue weighted by atomic mass is 32.2. The fourth-order valence-corrected chi connectivity index (χ4v) is 3.69. The second-order valence-electron chi connectivity index (χ2n) is 4.84. The molecule has 0 unspecified atom stereocenters. The number of benzene rings is 1. The van der Waals surface area contributed by atoms with Gasteiger partial charge in [-0.3, -0.25) is 9.52 Å². The van der Waals surface area contributed by atoms with Gasteiger partial charge in [-0.15, -0.1) is 0 Å². The number of anilines is 1. The second-order valence-corrected chi connectivity index (χ2v) is 7.62. The van der Waals surface area contributed by atoms with Crippen LogP contribution < -0.4 is 10.0 Å². The normalized spacial score (nSPS) is 11.5. The highest BCUT2D eigenvalue weighted by Crippen LogP contribution is 2.27. The van der Waals surface area contributed by atoms with Gasteiger partial charge in [0.1, 0.15) is 5.76 Å². The molecule has 0 saturated carbocycles. The van der Waals surface area contributed by atoms with Crippen molar-refractivity contribution in [2.24, 2.45) is 0 Å². The Hall–Kier alpha value is -2.39. The van der Waals surface area contributed by atoms with Crippen LogP contribution in [0.3, 0.4) is 0 Å². The Balaban J connectivity index is 1.77. The second kappa shape index (κ2) is 6.01. The molecule has 7 nitrogen and oxygen atoms in total. The van der Waals surface area contributed by atoms with Crippen molar-refractivity contribution >= 4 is 42.6 Å². The Morgan fingerprint density at radius 3 is 2.87 bits per heavy atom. The van der Waals surface area contributed by atoms with E-state index in [2.05, 4.69) is 15.0 Å². The lowest BCUT2D eigenvalue weighted by Crippen LogP contribution is -2.22. The summed E-state index contributed by atoms with van der Waals surface area (Å²) in [4.78, 5) is 16.3. The lowest BCUT2D eigenvalue weighted by Gasteiger charge is -2.03. The van der Waals surface area contributed by atoms with Gasteiger partial charge in [0, 0.05) is 5.56 Å². The molecule has 1 aromatic carbocycles. The van der Waals surface area contributed by atoms with Gasteiger partial charge in [0.05, 0.1) is 29.3 Å². The van der Waals surface area contributed by atoms with E-state index in [4.69, 9.17) is 4.42 Å². The molecule has 2 N–H and O–H groups in total. The largest absolute Gasteiger partial charge is 0.467 e. The van der Waals surface area contributed by atoms with E-state index in [1.54, 1.807) is 36.6 Å². The summed E-state index contributed by atoms with van der Waals surface area (Å²) in [5, 5.41) is 3.02. The number of fused-ring (bicyclic) bond motifs is 1. The van der Waals surface area contributed by atoms with Crippen molar-refractivity contribution in [1.82, 2.24) is 10.3 Å². The maximum Gasteiger partial charge on any atom is 0.251 e. The van der Waals surface area contributed by atoms with Crippen LogP contribution in [0, 0.1) is 0 Å². The number of rotatable bonds is 5. The standard InChI is InChI=1S/C14H13N3O4S2/c1-23(19,20)17-14-16-11-5-4-9(7-12(11)22-14)13(18)15-8-10-3-2-6-21-10/h2-7H,8H2,1H3,(H,15,18)(H,16,17). The van der Waals surface area contributed by atoms with E-state index in [-0.39, 0.29) is 11.0 Å². The van der Waals surface area contributed by atoms with Crippen molar-refractivity contribution in [3.05, 3.63) is 47.9 Å². The summed E-state index contributed by atoms with van der Waals surface area (Å²) in [6, 6.07) is 8.53. The minimum atomic E-state index is -3.38. The van der Waals surface area contributed by atoms with Crippen LogP contribution in [-0.4, -0.2) is 25.6 Å². The van der Waals surface area contributed by atoms with E-state index >= 15 is 0 Å². The molecule has 1 amide bonds. The minimum absolute atomic E-state index is 0.241. The summed E-state index contributed by atoms with van der Waals surface area (Å²) >= 11 is 1.17. The first-order chi connectivity index (χ1) is 10.9. The van der Waals surface area contributed by atoms with Crippen molar-refractivity contribution in [2.45, 2.75) is 6.54 Å². The fourth-order valence-electron chi connectivity index (χ4n) is 1.95. The minimum Gasteiger partial charge on any atom is -0.467 e. The zero-order valence-electron chi connectivity index (χ0n) is 12.1. The van der Waals surface area contributed by atoms with Crippen LogP contribution in [0.5, 0.6) is 0 Å². The van der Waals surface area contributed by atoms with Gasteiger partial charge >= 0.3 is 0 Å². The molecule has 0 aliphatic rings. The maximum atomic E-state index is 12.1. The SMILES string of the molecule is CS(=O)(=O)Nc1nc2ccc(C(=O)NCc3ccco3)cc2s1. The van der Waals surface area contributed by atoms with Crippen molar-refractivity contribution in [3.8, 4) is 0 Å². The van der Waals surface area contributed by atoms with Crippen LogP contribution in [0.2, 0.25) is 0 Å². The number of nitrogens with one attached hydrogen (secondary N) is 2. The van der Waals surface area contributed by atoms with Crippen LogP contribution in [0.1, 0.15) is 16.1 Å². The molecule has 0 spiro atoms. The summed E-state index contributed by atoms with van der Waals surface area (Å²) in [5.41, 5.74) is 1.10. The Bertz CT molecular complexity index is 946. The molecule has 2 aromatic heterocycles. The molecular weight excluding hydrogens is 338 g/mol. The van der Waals surface area contributed by atoms with Gasteiger partial charge in [0.15, 0.2) is 5.13 Å². The number of aromatic nitrogens is 1. The van der Waals surface area contributed by atoms with Crippen LogP contribution in [-0.2, 0) is 16.6 Å². The molecule has 0 radical (unpaired) electrons. The quantitative estimate of drug-likeness (QED) is 0.734. The number of carbonyl (C=O) groups excluding carboxylic acids is 1. The zero-order chi connectivity index (χ0) is 16.4. The van der Waals surface area contributed by atoms with Gasteiger partial charge in [0.25, 0.3) is 5.91 Å². The molecule has 2 heterocycles. The Kier molecular flexibility index (Phi) is 4.05. The van der Waals surface area contributed by atoms with E-state index in [0.29, 0.717) is 23.4 Å². The molecule has 0 bridgehead atoms. The number of sulfonamides is 1. The van der Waals surface area contributed by atoms with Crippen molar-refractivity contribution in [3.63, 3.8) is 0 Å². The van der Waals surface area contributed by atoms with Crippen molar-refractivity contribution in [2.75, 3.05) is 11.0 Å². The van der Waals surface area contributed by atoms with Crippen LogP contribution in [0.15, 0.2) is 41.0 Å². The van der Waals surface area contributed by atoms with Crippen LogP contribution in [0.4, 0.5) is 5.13 Å². The molecule has 3 rings (SSSR count). The monoisotopic (exact) mass is 351 g/mol. The molecule has 9 heteroatoms. The third-order valence-electron chi connectivity index (χ3n) is 2.93. The zero-order valence-corrected chi connectivity index (χ0v) is 13.7. The van der Waals surface area contributed by atoms with E-state index in [9.17, 15) is 13.2 Å². The third-order valence-corrected chi connectivity index (χ3v) is 4.55. The molecule has 0 aliphatic carbocycles. The third kappa shape index (κ3) is 3.88. The van der Waals surface area contributed by atoms with Crippen molar-refractivity contribution in [1.29, 1.82) is 0 Å². The predicted octanol–water partition coefficient (Wildman–Crippen LogP) is 2.19. The van der Waals surface area contributed by atoms with Gasteiger partial charge in [-0.2, -0.15) is 0 Å². The number of thiazole rings is 1. The molecular formula is C14H13N3O4S2. The number of furan rings is 1. The first-order valence-corrected chi connectivity index (χ1v) is 9.30. The predicted molar refractivity (Wildman–Crippen MR) is 88.0 cm³/mol. The average molecular weight is 351 g/mol. The van der Waals surface area contributed by atoms with Gasteiger partial charge in [-0.1, -0.05) is 11.3 Å². The summed E-state index contributed by atoms with van der Waals surface area (Å²) in [7, 11) is -3.38. The fraction of sp³-hybridized carbons (Fsp3) is 0.143. The van der Waals surface area contributed by atoms with Gasteiger partial charge < -0.3 is 9.73 Å². The molecule has 0 aliphatic heterocycles.